The van der Waals surface area contributed by atoms with Gasteiger partial charge in [0.15, 0.2) is 0 Å². The monoisotopic (exact) mass is 458 g/mol. The molecule has 0 nitrogen and oxygen atoms in total. The van der Waals surface area contributed by atoms with Crippen molar-refractivity contribution in [2.24, 2.45) is 0 Å². The molecule has 6 aromatic rings. The van der Waals surface area contributed by atoms with Gasteiger partial charge in [-0.3, -0.25) is 0 Å². The van der Waals surface area contributed by atoms with E-state index in [4.69, 9.17) is 0 Å². The van der Waals surface area contributed by atoms with Crippen molar-refractivity contribution in [3.05, 3.63) is 158 Å². The molecule has 0 radical (unpaired) electrons. The van der Waals surface area contributed by atoms with Gasteiger partial charge in [0.05, 0.1) is 0 Å². The maximum atomic E-state index is 2.30. The highest BCUT2D eigenvalue weighted by Gasteiger charge is 2.09. The molecular formula is C36H26. The Hall–Kier alpha value is -4.68. The summed E-state index contributed by atoms with van der Waals surface area (Å²) in [7, 11) is 0. The molecule has 0 bridgehead atoms. The maximum absolute atomic E-state index is 2.30. The van der Waals surface area contributed by atoms with E-state index in [9.17, 15) is 0 Å². The van der Waals surface area contributed by atoms with E-state index in [1.807, 2.05) is 0 Å². The van der Waals surface area contributed by atoms with Crippen LogP contribution in [0.2, 0.25) is 0 Å². The average Bonchev–Trinajstić information content (AvgIpc) is 2.98. The van der Waals surface area contributed by atoms with Crippen molar-refractivity contribution in [2.75, 3.05) is 0 Å². The van der Waals surface area contributed by atoms with Gasteiger partial charge < -0.3 is 0 Å². The minimum Gasteiger partial charge on any atom is -0.0622 e. The van der Waals surface area contributed by atoms with Crippen LogP contribution in [0, 0.1) is 0 Å². The van der Waals surface area contributed by atoms with E-state index in [0.717, 1.165) is 0 Å². The highest BCUT2D eigenvalue weighted by Crippen LogP contribution is 2.35. The molecule has 170 valence electrons. The normalized spacial score (nSPS) is 10.8. The summed E-state index contributed by atoms with van der Waals surface area (Å²) in [6, 6.07) is 56.3. The van der Waals surface area contributed by atoms with E-state index in [1.54, 1.807) is 0 Å². The molecule has 0 aliphatic heterocycles. The molecule has 0 heterocycles. The zero-order chi connectivity index (χ0) is 24.2. The first-order valence-corrected chi connectivity index (χ1v) is 12.4. The summed E-state index contributed by atoms with van der Waals surface area (Å²) < 4.78 is 0. The van der Waals surface area contributed by atoms with Crippen LogP contribution in [0.15, 0.2) is 158 Å². The third kappa shape index (κ3) is 4.50. The number of benzene rings is 6. The molecule has 6 aromatic carbocycles. The second-order valence-electron chi connectivity index (χ2n) is 9.02. The Bertz CT molecular complexity index is 1590. The van der Waals surface area contributed by atoms with Crippen molar-refractivity contribution in [1.29, 1.82) is 0 Å². The van der Waals surface area contributed by atoms with Gasteiger partial charge in [0.25, 0.3) is 0 Å². The molecule has 0 aliphatic rings. The zero-order valence-corrected chi connectivity index (χ0v) is 20.0. The highest BCUT2D eigenvalue weighted by molar-refractivity contribution is 5.86. The van der Waals surface area contributed by atoms with Crippen molar-refractivity contribution in [1.82, 2.24) is 0 Å². The number of hydrogen-bond acceptors (Lipinski definition) is 0. The Morgan fingerprint density at radius 1 is 0.194 bits per heavy atom. The lowest BCUT2D eigenvalue weighted by molar-refractivity contribution is 1.56. The zero-order valence-electron chi connectivity index (χ0n) is 20.0. The molecule has 0 aliphatic carbocycles. The molecule has 36 heavy (non-hydrogen) atoms. The topological polar surface area (TPSA) is 0 Å². The van der Waals surface area contributed by atoms with E-state index >= 15 is 0 Å². The smallest absolute Gasteiger partial charge is 0.0105 e. The van der Waals surface area contributed by atoms with E-state index in [2.05, 4.69) is 158 Å². The van der Waals surface area contributed by atoms with Crippen LogP contribution in [0.1, 0.15) is 0 Å². The summed E-state index contributed by atoms with van der Waals surface area (Å²) in [5.41, 5.74) is 12.3. The summed E-state index contributed by atoms with van der Waals surface area (Å²) in [5, 5.41) is 0. The molecule has 0 saturated heterocycles. The van der Waals surface area contributed by atoms with Crippen molar-refractivity contribution >= 4 is 0 Å². The SMILES string of the molecule is c1ccc(-c2ccc(-c3cccc(-c4cccc(-c5ccccc5-c5ccccc5)c4)c3)cc2)cc1. The second-order valence-corrected chi connectivity index (χ2v) is 9.02. The van der Waals surface area contributed by atoms with Gasteiger partial charge >= 0.3 is 0 Å². The maximum Gasteiger partial charge on any atom is -0.0105 e. The van der Waals surface area contributed by atoms with Crippen molar-refractivity contribution < 1.29 is 0 Å². The molecule has 0 atom stereocenters. The fourth-order valence-corrected chi connectivity index (χ4v) is 4.83. The summed E-state index contributed by atoms with van der Waals surface area (Å²) in [6.45, 7) is 0. The van der Waals surface area contributed by atoms with Crippen molar-refractivity contribution in [3.8, 4) is 55.6 Å². The van der Waals surface area contributed by atoms with Gasteiger partial charge in [-0.25, -0.2) is 0 Å². The van der Waals surface area contributed by atoms with E-state index in [0.29, 0.717) is 0 Å². The van der Waals surface area contributed by atoms with E-state index in [1.165, 1.54) is 55.6 Å². The third-order valence-electron chi connectivity index (χ3n) is 6.71. The van der Waals surface area contributed by atoms with Crippen LogP contribution < -0.4 is 0 Å². The summed E-state index contributed by atoms with van der Waals surface area (Å²) in [5.74, 6) is 0. The quantitative estimate of drug-likeness (QED) is 0.241. The Balaban J connectivity index is 1.34. The molecule has 0 N–H and O–H groups in total. The number of rotatable bonds is 5. The van der Waals surface area contributed by atoms with Gasteiger partial charge in [0.2, 0.25) is 0 Å². The molecule has 0 spiro atoms. The third-order valence-corrected chi connectivity index (χ3v) is 6.71. The van der Waals surface area contributed by atoms with Gasteiger partial charge in [-0.2, -0.15) is 0 Å². The first kappa shape index (κ1) is 21.8. The van der Waals surface area contributed by atoms with Gasteiger partial charge in [-0.1, -0.05) is 146 Å². The van der Waals surface area contributed by atoms with Crippen molar-refractivity contribution in [3.63, 3.8) is 0 Å². The molecule has 0 amide bonds. The minimum absolute atomic E-state index is 1.22. The molecule has 0 aromatic heterocycles. The standard InChI is InChI=1S/C36H26/c1-3-11-27(12-4-1)28-21-23-29(24-22-28)31-15-9-16-32(25-31)33-17-10-18-34(26-33)36-20-8-7-19-35(36)30-13-5-2-6-14-30/h1-26H. The van der Waals surface area contributed by atoms with E-state index < -0.39 is 0 Å². The van der Waals surface area contributed by atoms with Crippen LogP contribution >= 0.6 is 0 Å². The predicted octanol–water partition coefficient (Wildman–Crippen LogP) is 10.0. The Morgan fingerprint density at radius 2 is 0.528 bits per heavy atom. The molecule has 0 heteroatoms. The van der Waals surface area contributed by atoms with Crippen LogP contribution in [0.3, 0.4) is 0 Å². The fourth-order valence-electron chi connectivity index (χ4n) is 4.83. The van der Waals surface area contributed by atoms with Crippen molar-refractivity contribution in [2.45, 2.75) is 0 Å². The van der Waals surface area contributed by atoms with Crippen LogP contribution in [-0.2, 0) is 0 Å². The molecule has 0 unspecified atom stereocenters. The largest absolute Gasteiger partial charge is 0.0622 e. The van der Waals surface area contributed by atoms with Gasteiger partial charge in [0, 0.05) is 0 Å². The van der Waals surface area contributed by atoms with Crippen LogP contribution in [0.4, 0.5) is 0 Å². The lowest BCUT2D eigenvalue weighted by atomic mass is 9.92. The van der Waals surface area contributed by atoms with Gasteiger partial charge in [-0.05, 0) is 67.8 Å². The molecule has 0 fully saturated rings. The Morgan fingerprint density at radius 3 is 1.11 bits per heavy atom. The Kier molecular flexibility index (Phi) is 6.00. The van der Waals surface area contributed by atoms with E-state index in [-0.39, 0.29) is 0 Å². The highest BCUT2D eigenvalue weighted by atomic mass is 14.1. The summed E-state index contributed by atoms with van der Waals surface area (Å²) in [4.78, 5) is 0. The lowest BCUT2D eigenvalue weighted by Gasteiger charge is -2.12. The van der Waals surface area contributed by atoms with Gasteiger partial charge in [0.1, 0.15) is 0 Å². The van der Waals surface area contributed by atoms with Crippen LogP contribution in [0.5, 0.6) is 0 Å². The van der Waals surface area contributed by atoms with Crippen LogP contribution in [0.25, 0.3) is 55.6 Å². The Labute approximate surface area is 213 Å². The predicted molar refractivity (Wildman–Crippen MR) is 154 cm³/mol. The molecule has 0 saturated carbocycles. The lowest BCUT2D eigenvalue weighted by Crippen LogP contribution is -1.87. The summed E-state index contributed by atoms with van der Waals surface area (Å²) >= 11 is 0. The number of hydrogen-bond donors (Lipinski definition) is 0. The fraction of sp³-hybridized carbons (Fsp3) is 0. The minimum atomic E-state index is 1.22. The average molecular weight is 459 g/mol. The summed E-state index contributed by atoms with van der Waals surface area (Å²) in [6.07, 6.45) is 0. The molecular weight excluding hydrogens is 432 g/mol. The second kappa shape index (κ2) is 9.90. The van der Waals surface area contributed by atoms with Crippen LogP contribution in [-0.4, -0.2) is 0 Å². The molecule has 6 rings (SSSR count). The first-order chi connectivity index (χ1) is 17.8. The van der Waals surface area contributed by atoms with Gasteiger partial charge in [-0.15, -0.1) is 0 Å². The first-order valence-electron chi connectivity index (χ1n) is 12.4.